The van der Waals surface area contributed by atoms with Crippen molar-refractivity contribution in [3.8, 4) is 0 Å². The Morgan fingerprint density at radius 1 is 0.968 bits per heavy atom. The van der Waals surface area contributed by atoms with Crippen molar-refractivity contribution < 1.29 is 4.79 Å². The molecule has 0 bridgehead atoms. The molecule has 0 aliphatic carbocycles. The van der Waals surface area contributed by atoms with Gasteiger partial charge in [-0.15, -0.1) is 0 Å². The van der Waals surface area contributed by atoms with Crippen molar-refractivity contribution in [2.75, 3.05) is 0 Å². The van der Waals surface area contributed by atoms with Gasteiger partial charge in [-0.25, -0.2) is 4.98 Å². The molecule has 0 aliphatic rings. The molecule has 0 spiro atoms. The summed E-state index contributed by atoms with van der Waals surface area (Å²) in [6.07, 6.45) is 0.164. The average Bonchev–Trinajstić information content (AvgIpc) is 2.78. The number of hydrogen-bond acceptors (Lipinski definition) is 3. The predicted octanol–water partition coefficient (Wildman–Crippen LogP) is 4.65. The van der Waals surface area contributed by atoms with Gasteiger partial charge in [-0.05, 0) is 42.3 Å². The standard InChI is InChI=1S/C25H22ClN3O2/c1-17-27-22-10-6-5-9-21(22)25(31)29(17)16-15-23(30)28-24(18-7-3-2-4-8-18)19-11-13-20(26)14-12-19/h2-14,24H,15-16H2,1H3,(H,28,30). The Balaban J connectivity index is 1.54. The second-order valence-electron chi connectivity index (χ2n) is 7.35. The maximum absolute atomic E-state index is 12.9. The zero-order valence-corrected chi connectivity index (χ0v) is 17.8. The highest BCUT2D eigenvalue weighted by Crippen LogP contribution is 2.23. The second-order valence-corrected chi connectivity index (χ2v) is 7.78. The third-order valence-corrected chi connectivity index (χ3v) is 5.51. The van der Waals surface area contributed by atoms with Gasteiger partial charge in [-0.3, -0.25) is 14.2 Å². The van der Waals surface area contributed by atoms with E-state index in [1.54, 1.807) is 17.6 Å². The lowest BCUT2D eigenvalue weighted by atomic mass is 9.98. The number of nitrogens with one attached hydrogen (secondary N) is 1. The number of carbonyl (C=O) groups is 1. The van der Waals surface area contributed by atoms with Crippen LogP contribution in [0.4, 0.5) is 0 Å². The van der Waals surface area contributed by atoms with Crippen molar-refractivity contribution >= 4 is 28.4 Å². The van der Waals surface area contributed by atoms with Gasteiger partial charge >= 0.3 is 0 Å². The topological polar surface area (TPSA) is 64.0 Å². The average molecular weight is 432 g/mol. The fourth-order valence-corrected chi connectivity index (χ4v) is 3.77. The molecule has 1 amide bonds. The Hall–Kier alpha value is -3.44. The molecule has 0 radical (unpaired) electrons. The quantitative estimate of drug-likeness (QED) is 0.483. The van der Waals surface area contributed by atoms with Gasteiger partial charge in [0.25, 0.3) is 5.56 Å². The van der Waals surface area contributed by atoms with Crippen LogP contribution in [-0.4, -0.2) is 15.5 Å². The monoisotopic (exact) mass is 431 g/mol. The number of aryl methyl sites for hydroxylation is 1. The van der Waals surface area contributed by atoms with Crippen molar-refractivity contribution in [2.45, 2.75) is 25.9 Å². The number of fused-ring (bicyclic) bond motifs is 1. The Bertz CT molecular complexity index is 1270. The molecule has 4 aromatic rings. The summed E-state index contributed by atoms with van der Waals surface area (Å²) < 4.78 is 1.56. The molecule has 0 aliphatic heterocycles. The van der Waals surface area contributed by atoms with Crippen molar-refractivity contribution in [1.29, 1.82) is 0 Å². The third-order valence-electron chi connectivity index (χ3n) is 5.26. The fourth-order valence-electron chi connectivity index (χ4n) is 3.65. The smallest absolute Gasteiger partial charge is 0.261 e. The van der Waals surface area contributed by atoms with Crippen LogP contribution in [0.3, 0.4) is 0 Å². The van der Waals surface area contributed by atoms with Crippen molar-refractivity contribution in [1.82, 2.24) is 14.9 Å². The maximum atomic E-state index is 12.9. The van der Waals surface area contributed by atoms with E-state index in [1.165, 1.54) is 0 Å². The Labute approximate surface area is 185 Å². The van der Waals surface area contributed by atoms with Crippen LogP contribution in [0.25, 0.3) is 10.9 Å². The van der Waals surface area contributed by atoms with Gasteiger partial charge in [0.15, 0.2) is 0 Å². The molecule has 0 saturated heterocycles. The number of halogens is 1. The summed E-state index contributed by atoms with van der Waals surface area (Å²) in [7, 11) is 0. The molecule has 1 heterocycles. The highest BCUT2D eigenvalue weighted by atomic mass is 35.5. The van der Waals surface area contributed by atoms with Gasteiger partial charge in [0.1, 0.15) is 5.82 Å². The summed E-state index contributed by atoms with van der Waals surface area (Å²) in [4.78, 5) is 30.2. The molecule has 3 aromatic carbocycles. The highest BCUT2D eigenvalue weighted by Gasteiger charge is 2.17. The summed E-state index contributed by atoms with van der Waals surface area (Å²) in [5.74, 6) is 0.442. The first-order valence-corrected chi connectivity index (χ1v) is 10.5. The van der Waals surface area contributed by atoms with Crippen LogP contribution in [0.1, 0.15) is 29.4 Å². The number of hydrogen-bond donors (Lipinski definition) is 1. The number of aromatic nitrogens is 2. The van der Waals surface area contributed by atoms with Crippen molar-refractivity contribution in [3.63, 3.8) is 0 Å². The van der Waals surface area contributed by atoms with E-state index < -0.39 is 0 Å². The molecule has 0 saturated carbocycles. The van der Waals surface area contributed by atoms with Gasteiger partial charge in [-0.1, -0.05) is 66.2 Å². The normalized spacial score (nSPS) is 11.9. The van der Waals surface area contributed by atoms with E-state index in [4.69, 9.17) is 11.6 Å². The molecular weight excluding hydrogens is 410 g/mol. The third kappa shape index (κ3) is 4.67. The number of rotatable bonds is 6. The van der Waals surface area contributed by atoms with Crippen LogP contribution >= 0.6 is 11.6 Å². The molecule has 0 fully saturated rings. The number of para-hydroxylation sites is 1. The SMILES string of the molecule is Cc1nc2ccccc2c(=O)n1CCC(=O)NC(c1ccccc1)c1ccc(Cl)cc1. The highest BCUT2D eigenvalue weighted by molar-refractivity contribution is 6.30. The predicted molar refractivity (Wildman–Crippen MR) is 123 cm³/mol. The minimum Gasteiger partial charge on any atom is -0.345 e. The van der Waals surface area contributed by atoms with E-state index in [1.807, 2.05) is 72.8 Å². The molecule has 1 aromatic heterocycles. The molecule has 6 heteroatoms. The summed E-state index contributed by atoms with van der Waals surface area (Å²) in [6.45, 7) is 2.04. The summed E-state index contributed by atoms with van der Waals surface area (Å²) >= 11 is 6.03. The molecule has 1 atom stereocenters. The largest absolute Gasteiger partial charge is 0.345 e. The lowest BCUT2D eigenvalue weighted by molar-refractivity contribution is -0.121. The Morgan fingerprint density at radius 3 is 2.35 bits per heavy atom. The fraction of sp³-hybridized carbons (Fsp3) is 0.160. The maximum Gasteiger partial charge on any atom is 0.261 e. The zero-order valence-electron chi connectivity index (χ0n) is 17.1. The van der Waals surface area contributed by atoms with Gasteiger partial charge in [0.05, 0.1) is 16.9 Å². The van der Waals surface area contributed by atoms with E-state index in [0.29, 0.717) is 21.7 Å². The van der Waals surface area contributed by atoms with E-state index in [-0.39, 0.29) is 30.5 Å². The first-order valence-electron chi connectivity index (χ1n) is 10.1. The minimum absolute atomic E-state index is 0.131. The minimum atomic E-state index is -0.307. The lowest BCUT2D eigenvalue weighted by Crippen LogP contribution is -2.32. The Morgan fingerprint density at radius 2 is 1.61 bits per heavy atom. The van der Waals surface area contributed by atoms with Crippen LogP contribution in [0, 0.1) is 6.92 Å². The molecular formula is C25H22ClN3O2. The van der Waals surface area contributed by atoms with Crippen molar-refractivity contribution in [2.24, 2.45) is 0 Å². The Kier molecular flexibility index (Phi) is 6.14. The van der Waals surface area contributed by atoms with E-state index in [2.05, 4.69) is 10.3 Å². The van der Waals surface area contributed by atoms with Crippen LogP contribution in [-0.2, 0) is 11.3 Å². The number of benzene rings is 3. The molecule has 5 nitrogen and oxygen atoms in total. The van der Waals surface area contributed by atoms with Gasteiger partial charge in [-0.2, -0.15) is 0 Å². The van der Waals surface area contributed by atoms with Crippen LogP contribution in [0.15, 0.2) is 83.7 Å². The molecule has 1 unspecified atom stereocenters. The van der Waals surface area contributed by atoms with Crippen LogP contribution in [0.5, 0.6) is 0 Å². The van der Waals surface area contributed by atoms with E-state index >= 15 is 0 Å². The lowest BCUT2D eigenvalue weighted by Gasteiger charge is -2.20. The zero-order chi connectivity index (χ0) is 21.8. The van der Waals surface area contributed by atoms with Gasteiger partial charge < -0.3 is 5.32 Å². The second kappa shape index (κ2) is 9.14. The number of carbonyl (C=O) groups excluding carboxylic acids is 1. The summed E-state index contributed by atoms with van der Waals surface area (Å²) in [6, 6.07) is 24.1. The van der Waals surface area contributed by atoms with Crippen LogP contribution < -0.4 is 10.9 Å². The summed E-state index contributed by atoms with van der Waals surface area (Å²) in [5, 5.41) is 4.29. The van der Waals surface area contributed by atoms with Gasteiger partial charge in [0, 0.05) is 18.0 Å². The first kappa shape index (κ1) is 20.8. The molecule has 1 N–H and O–H groups in total. The first-order chi connectivity index (χ1) is 15.0. The van der Waals surface area contributed by atoms with E-state index in [0.717, 1.165) is 11.1 Å². The van der Waals surface area contributed by atoms with Gasteiger partial charge in [0.2, 0.25) is 5.91 Å². The van der Waals surface area contributed by atoms with Crippen molar-refractivity contribution in [3.05, 3.63) is 111 Å². The molecule has 156 valence electrons. The van der Waals surface area contributed by atoms with E-state index in [9.17, 15) is 9.59 Å². The number of nitrogens with zero attached hydrogens (tertiary/aromatic N) is 2. The van der Waals surface area contributed by atoms with Crippen LogP contribution in [0.2, 0.25) is 5.02 Å². The molecule has 31 heavy (non-hydrogen) atoms. The molecule has 4 rings (SSSR count). The summed E-state index contributed by atoms with van der Waals surface area (Å²) in [5.41, 5.74) is 2.44. The number of amides is 1.